The Bertz CT molecular complexity index is 507. The van der Waals surface area contributed by atoms with Gasteiger partial charge in [0.25, 0.3) is 0 Å². The highest BCUT2D eigenvalue weighted by molar-refractivity contribution is 5.92. The van der Waals surface area contributed by atoms with Gasteiger partial charge < -0.3 is 11.1 Å². The van der Waals surface area contributed by atoms with E-state index in [9.17, 15) is 4.79 Å². The van der Waals surface area contributed by atoms with Crippen LogP contribution in [0.1, 0.15) is 12.8 Å². The first-order valence-corrected chi connectivity index (χ1v) is 5.90. The summed E-state index contributed by atoms with van der Waals surface area (Å²) in [7, 11) is 0. The Morgan fingerprint density at radius 1 is 1.33 bits per heavy atom. The molecule has 2 aromatic rings. The lowest BCUT2D eigenvalue weighted by Crippen LogP contribution is -2.15. The number of anilines is 1. The highest BCUT2D eigenvalue weighted by Gasteiger charge is 2.07. The maximum Gasteiger partial charge on any atom is 0.224 e. The van der Waals surface area contributed by atoms with E-state index < -0.39 is 0 Å². The van der Waals surface area contributed by atoms with Crippen molar-refractivity contribution >= 4 is 11.6 Å². The third kappa shape index (κ3) is 2.95. The number of benzene rings is 1. The molecule has 0 aliphatic heterocycles. The molecule has 0 aliphatic rings. The third-order valence-electron chi connectivity index (χ3n) is 2.54. The molecule has 1 aromatic heterocycles. The van der Waals surface area contributed by atoms with Crippen LogP contribution in [0.5, 0.6) is 0 Å². The molecule has 0 radical (unpaired) electrons. The smallest absolute Gasteiger partial charge is 0.224 e. The van der Waals surface area contributed by atoms with Crippen LogP contribution in [0.2, 0.25) is 0 Å². The lowest BCUT2D eigenvalue weighted by Gasteiger charge is -2.10. The number of hydrogen-bond acceptors (Lipinski definition) is 3. The summed E-state index contributed by atoms with van der Waals surface area (Å²) in [5.74, 6) is -0.0277. The number of carbonyl (C=O) groups is 1. The first kappa shape index (κ1) is 12.3. The first-order chi connectivity index (χ1) is 8.81. The van der Waals surface area contributed by atoms with Crippen molar-refractivity contribution in [3.05, 3.63) is 42.7 Å². The normalized spacial score (nSPS) is 10.3. The molecule has 1 aromatic carbocycles. The highest BCUT2D eigenvalue weighted by Crippen LogP contribution is 2.19. The largest absolute Gasteiger partial charge is 0.330 e. The van der Waals surface area contributed by atoms with Crippen molar-refractivity contribution in [2.24, 2.45) is 5.73 Å². The zero-order valence-corrected chi connectivity index (χ0v) is 10.0. The molecule has 0 saturated heterocycles. The fourth-order valence-electron chi connectivity index (χ4n) is 1.67. The topological polar surface area (TPSA) is 72.9 Å². The van der Waals surface area contributed by atoms with Crippen molar-refractivity contribution in [3.8, 4) is 5.69 Å². The Morgan fingerprint density at radius 3 is 2.89 bits per heavy atom. The number of carbonyl (C=O) groups excluding carboxylic acids is 1. The second kappa shape index (κ2) is 5.97. The van der Waals surface area contributed by atoms with Gasteiger partial charge in [0.2, 0.25) is 5.91 Å². The van der Waals surface area contributed by atoms with Crippen LogP contribution in [-0.2, 0) is 4.79 Å². The van der Waals surface area contributed by atoms with Crippen molar-refractivity contribution < 1.29 is 4.79 Å². The lowest BCUT2D eigenvalue weighted by molar-refractivity contribution is -0.116. The number of nitrogens with zero attached hydrogens (tertiary/aromatic N) is 2. The van der Waals surface area contributed by atoms with Gasteiger partial charge in [-0.1, -0.05) is 12.1 Å². The number of rotatable bonds is 5. The van der Waals surface area contributed by atoms with Crippen molar-refractivity contribution in [1.29, 1.82) is 0 Å². The second-order valence-corrected chi connectivity index (χ2v) is 3.91. The zero-order chi connectivity index (χ0) is 12.8. The van der Waals surface area contributed by atoms with Crippen LogP contribution in [0.25, 0.3) is 5.69 Å². The Morgan fingerprint density at radius 2 is 2.17 bits per heavy atom. The quantitative estimate of drug-likeness (QED) is 0.838. The van der Waals surface area contributed by atoms with Crippen LogP contribution < -0.4 is 11.1 Å². The zero-order valence-electron chi connectivity index (χ0n) is 10.0. The molecule has 0 unspecified atom stereocenters. The Hall–Kier alpha value is -2.14. The van der Waals surface area contributed by atoms with Gasteiger partial charge in [-0.25, -0.2) is 4.68 Å². The van der Waals surface area contributed by atoms with Crippen molar-refractivity contribution in [1.82, 2.24) is 9.78 Å². The molecule has 0 fully saturated rings. The molecule has 0 atom stereocenters. The van der Waals surface area contributed by atoms with Crippen LogP contribution in [0.3, 0.4) is 0 Å². The van der Waals surface area contributed by atoms with E-state index in [2.05, 4.69) is 10.4 Å². The number of nitrogens with one attached hydrogen (secondary N) is 1. The van der Waals surface area contributed by atoms with Crippen LogP contribution in [-0.4, -0.2) is 22.2 Å². The van der Waals surface area contributed by atoms with Gasteiger partial charge in [-0.2, -0.15) is 5.10 Å². The van der Waals surface area contributed by atoms with Gasteiger partial charge in [0.1, 0.15) is 0 Å². The van der Waals surface area contributed by atoms with Gasteiger partial charge in [-0.05, 0) is 31.2 Å². The monoisotopic (exact) mass is 244 g/mol. The molecule has 0 bridgehead atoms. The fraction of sp³-hybridized carbons (Fsp3) is 0.231. The SMILES string of the molecule is NCCCC(=O)Nc1ccccc1-n1cccn1. The summed E-state index contributed by atoms with van der Waals surface area (Å²) in [4.78, 5) is 11.7. The van der Waals surface area contributed by atoms with E-state index in [1.807, 2.05) is 36.5 Å². The molecule has 1 amide bonds. The maximum absolute atomic E-state index is 11.7. The van der Waals surface area contributed by atoms with Crippen LogP contribution in [0.15, 0.2) is 42.7 Å². The molecule has 3 N–H and O–H groups in total. The minimum Gasteiger partial charge on any atom is -0.330 e. The number of nitrogens with two attached hydrogens (primary N) is 1. The molecule has 18 heavy (non-hydrogen) atoms. The van der Waals surface area contributed by atoms with Gasteiger partial charge >= 0.3 is 0 Å². The van der Waals surface area contributed by atoms with Crippen molar-refractivity contribution in [2.45, 2.75) is 12.8 Å². The molecular weight excluding hydrogens is 228 g/mol. The van der Waals surface area contributed by atoms with Crippen LogP contribution in [0.4, 0.5) is 5.69 Å². The predicted molar refractivity (Wildman–Crippen MR) is 70.5 cm³/mol. The first-order valence-electron chi connectivity index (χ1n) is 5.90. The van der Waals surface area contributed by atoms with Gasteiger partial charge in [-0.3, -0.25) is 4.79 Å². The molecule has 0 spiro atoms. The summed E-state index contributed by atoms with van der Waals surface area (Å²) in [6, 6.07) is 9.40. The van der Waals surface area contributed by atoms with E-state index in [1.165, 1.54) is 0 Å². The summed E-state index contributed by atoms with van der Waals surface area (Å²) in [5, 5.41) is 7.04. The average Bonchev–Trinajstić information content (AvgIpc) is 2.91. The molecule has 5 heteroatoms. The Balaban J connectivity index is 2.16. The van der Waals surface area contributed by atoms with Crippen molar-refractivity contribution in [2.75, 3.05) is 11.9 Å². The minimum absolute atomic E-state index is 0.0277. The average molecular weight is 244 g/mol. The minimum atomic E-state index is -0.0277. The summed E-state index contributed by atoms with van der Waals surface area (Å²) >= 11 is 0. The van der Waals surface area contributed by atoms with E-state index >= 15 is 0 Å². The van der Waals surface area contributed by atoms with Gasteiger partial charge in [0.05, 0.1) is 11.4 Å². The van der Waals surface area contributed by atoms with Gasteiger partial charge in [-0.15, -0.1) is 0 Å². The van der Waals surface area contributed by atoms with Gasteiger partial charge in [0.15, 0.2) is 0 Å². The fourth-order valence-corrected chi connectivity index (χ4v) is 1.67. The lowest BCUT2D eigenvalue weighted by atomic mass is 10.2. The third-order valence-corrected chi connectivity index (χ3v) is 2.54. The van der Waals surface area contributed by atoms with E-state index in [0.29, 0.717) is 19.4 Å². The maximum atomic E-state index is 11.7. The number of amides is 1. The molecule has 94 valence electrons. The van der Waals surface area contributed by atoms with Crippen LogP contribution >= 0.6 is 0 Å². The predicted octanol–water partition coefficient (Wildman–Crippen LogP) is 1.55. The van der Waals surface area contributed by atoms with E-state index in [1.54, 1.807) is 10.9 Å². The van der Waals surface area contributed by atoms with Gasteiger partial charge in [0, 0.05) is 18.8 Å². The number of hydrogen-bond donors (Lipinski definition) is 2. The molecule has 0 saturated carbocycles. The highest BCUT2D eigenvalue weighted by atomic mass is 16.1. The second-order valence-electron chi connectivity index (χ2n) is 3.91. The number of aromatic nitrogens is 2. The van der Waals surface area contributed by atoms with E-state index in [4.69, 9.17) is 5.73 Å². The number of para-hydroxylation sites is 2. The molecule has 5 nitrogen and oxygen atoms in total. The van der Waals surface area contributed by atoms with E-state index in [-0.39, 0.29) is 5.91 Å². The van der Waals surface area contributed by atoms with Crippen LogP contribution in [0, 0.1) is 0 Å². The molecule has 2 rings (SSSR count). The Labute approximate surface area is 106 Å². The molecule has 1 heterocycles. The summed E-state index contributed by atoms with van der Waals surface area (Å²) in [6.07, 6.45) is 4.66. The molecule has 0 aliphatic carbocycles. The Kier molecular flexibility index (Phi) is 4.09. The summed E-state index contributed by atoms with van der Waals surface area (Å²) in [6.45, 7) is 0.522. The van der Waals surface area contributed by atoms with E-state index in [0.717, 1.165) is 11.4 Å². The summed E-state index contributed by atoms with van der Waals surface area (Å²) in [5.41, 5.74) is 6.99. The summed E-state index contributed by atoms with van der Waals surface area (Å²) < 4.78 is 1.72. The standard InChI is InChI=1S/C13H16N4O/c14-8-3-7-13(18)16-11-5-1-2-6-12(11)17-10-4-9-15-17/h1-2,4-6,9-10H,3,7-8,14H2,(H,16,18). The van der Waals surface area contributed by atoms with Crippen molar-refractivity contribution in [3.63, 3.8) is 0 Å². The molecular formula is C13H16N4O.